The molecular weight excluding hydrogens is 477 g/mol. The molecule has 1 aliphatic rings. The zero-order valence-electron chi connectivity index (χ0n) is 18.0. The molecule has 0 saturated carbocycles. The number of methoxy groups -OCH3 is 2. The first-order chi connectivity index (χ1) is 16.1. The number of carbonyl (C=O) groups is 1. The van der Waals surface area contributed by atoms with Crippen molar-refractivity contribution in [2.45, 2.75) is 24.7 Å². The summed E-state index contributed by atoms with van der Waals surface area (Å²) in [6.07, 6.45) is -3.92. The van der Waals surface area contributed by atoms with Gasteiger partial charge in [0.05, 0.1) is 32.1 Å². The van der Waals surface area contributed by atoms with Crippen LogP contribution in [0.25, 0.3) is 0 Å². The van der Waals surface area contributed by atoms with E-state index < -0.39 is 24.2 Å². The van der Waals surface area contributed by atoms with E-state index in [0.717, 1.165) is 10.9 Å². The van der Waals surface area contributed by atoms with Crippen LogP contribution in [-0.4, -0.2) is 41.2 Å². The van der Waals surface area contributed by atoms with Crippen LogP contribution in [0.1, 0.15) is 34.4 Å². The third kappa shape index (κ3) is 4.43. The van der Waals surface area contributed by atoms with E-state index in [1.807, 2.05) is 0 Å². The van der Waals surface area contributed by atoms with Crippen molar-refractivity contribution < 1.29 is 32.5 Å². The number of carbonyl (C=O) groups excluding carboxylic acids is 1. The Labute approximate surface area is 197 Å². The van der Waals surface area contributed by atoms with Gasteiger partial charge >= 0.3 is 6.18 Å². The number of aromatic nitrogens is 2. The Morgan fingerprint density at radius 1 is 1.21 bits per heavy atom. The highest BCUT2D eigenvalue weighted by atomic mass is 35.5. The van der Waals surface area contributed by atoms with Gasteiger partial charge in [-0.1, -0.05) is 17.7 Å². The highest BCUT2D eigenvalue weighted by Crippen LogP contribution is 2.45. The molecule has 0 aliphatic carbocycles. The molecule has 2 atom stereocenters. The number of fused-ring (bicyclic) bond motifs is 1. The zero-order valence-corrected chi connectivity index (χ0v) is 18.7. The molecule has 0 spiro atoms. The van der Waals surface area contributed by atoms with Crippen LogP contribution in [-0.2, 0) is 0 Å². The Balaban J connectivity index is 1.71. The van der Waals surface area contributed by atoms with Gasteiger partial charge in [0.25, 0.3) is 5.91 Å². The highest BCUT2D eigenvalue weighted by molar-refractivity contribution is 6.31. The fraction of sp³-hybridized carbons (Fsp3) is 0.273. The molecule has 2 heterocycles. The van der Waals surface area contributed by atoms with Crippen molar-refractivity contribution in [3.63, 3.8) is 0 Å². The number of amides is 1. The van der Waals surface area contributed by atoms with Gasteiger partial charge in [-0.25, -0.2) is 4.68 Å². The van der Waals surface area contributed by atoms with E-state index in [-0.39, 0.29) is 34.3 Å². The van der Waals surface area contributed by atoms with Gasteiger partial charge in [0.1, 0.15) is 17.1 Å². The number of anilines is 2. The number of ether oxygens (including phenoxy) is 2. The lowest BCUT2D eigenvalue weighted by molar-refractivity contribution is -0.173. The molecule has 180 valence electrons. The van der Waals surface area contributed by atoms with Gasteiger partial charge in [0.2, 0.25) is 0 Å². The average molecular weight is 497 g/mol. The Hall–Kier alpha value is -3.60. The highest BCUT2D eigenvalue weighted by Gasteiger charge is 2.47. The molecule has 34 heavy (non-hydrogen) atoms. The second kappa shape index (κ2) is 8.98. The number of aromatic hydroxyl groups is 1. The first kappa shape index (κ1) is 23.6. The van der Waals surface area contributed by atoms with E-state index in [2.05, 4.69) is 15.7 Å². The van der Waals surface area contributed by atoms with Gasteiger partial charge in [-0.15, -0.1) is 0 Å². The number of halogens is 4. The van der Waals surface area contributed by atoms with Gasteiger partial charge < -0.3 is 25.2 Å². The van der Waals surface area contributed by atoms with Crippen LogP contribution in [0.2, 0.25) is 5.02 Å². The predicted molar refractivity (Wildman–Crippen MR) is 119 cm³/mol. The smallest absolute Gasteiger partial charge is 0.410 e. The summed E-state index contributed by atoms with van der Waals surface area (Å²) in [4.78, 5) is 12.9. The topological polar surface area (TPSA) is 97.6 Å². The minimum Gasteiger partial charge on any atom is -0.506 e. The van der Waals surface area contributed by atoms with Crippen molar-refractivity contribution in [3.8, 4) is 17.2 Å². The van der Waals surface area contributed by atoms with Crippen molar-refractivity contribution in [2.24, 2.45) is 0 Å². The summed E-state index contributed by atoms with van der Waals surface area (Å²) in [6, 6.07) is 6.07. The van der Waals surface area contributed by atoms with E-state index >= 15 is 0 Å². The third-order valence-corrected chi connectivity index (χ3v) is 5.73. The van der Waals surface area contributed by atoms with Crippen LogP contribution < -0.4 is 20.1 Å². The molecule has 1 amide bonds. The van der Waals surface area contributed by atoms with Crippen LogP contribution >= 0.6 is 11.6 Å². The first-order valence-corrected chi connectivity index (χ1v) is 10.4. The van der Waals surface area contributed by atoms with Crippen LogP contribution in [0.4, 0.5) is 24.7 Å². The number of alkyl halides is 3. The SMILES string of the molecule is COc1ccc([C@@H]2C[C@H](C(F)(F)F)n3ncc(C(=O)Nc4cc(Cl)ccc4O)c3N2)cc1OC. The number of hydrogen-bond donors (Lipinski definition) is 3. The van der Waals surface area contributed by atoms with E-state index in [0.29, 0.717) is 17.1 Å². The molecule has 0 saturated heterocycles. The quantitative estimate of drug-likeness (QED) is 0.421. The molecule has 4 rings (SSSR count). The molecular formula is C22H20ClF3N4O4. The second-order valence-corrected chi connectivity index (χ2v) is 8.01. The maximum Gasteiger partial charge on any atom is 0.410 e. The fourth-order valence-electron chi connectivity index (χ4n) is 3.81. The second-order valence-electron chi connectivity index (χ2n) is 7.57. The van der Waals surface area contributed by atoms with E-state index in [1.165, 1.54) is 32.4 Å². The summed E-state index contributed by atoms with van der Waals surface area (Å²) in [5, 5.41) is 19.5. The Kier molecular flexibility index (Phi) is 6.22. The molecule has 0 unspecified atom stereocenters. The Morgan fingerprint density at radius 3 is 2.62 bits per heavy atom. The van der Waals surface area contributed by atoms with E-state index in [9.17, 15) is 23.1 Å². The largest absolute Gasteiger partial charge is 0.506 e. The lowest BCUT2D eigenvalue weighted by atomic mass is 9.96. The molecule has 2 aromatic carbocycles. The molecule has 0 bridgehead atoms. The van der Waals surface area contributed by atoms with Crippen molar-refractivity contribution in [1.29, 1.82) is 0 Å². The summed E-state index contributed by atoms with van der Waals surface area (Å²) in [5.41, 5.74) is 0.397. The maximum atomic E-state index is 13.9. The summed E-state index contributed by atoms with van der Waals surface area (Å²) in [5.74, 6) is -0.324. The van der Waals surface area contributed by atoms with Crippen LogP contribution in [0.5, 0.6) is 17.2 Å². The van der Waals surface area contributed by atoms with Gasteiger partial charge in [-0.05, 0) is 35.9 Å². The van der Waals surface area contributed by atoms with Gasteiger partial charge in [-0.3, -0.25) is 4.79 Å². The summed E-state index contributed by atoms with van der Waals surface area (Å²) < 4.78 is 53.1. The third-order valence-electron chi connectivity index (χ3n) is 5.50. The van der Waals surface area contributed by atoms with Crippen LogP contribution in [0.3, 0.4) is 0 Å². The lowest BCUT2D eigenvalue weighted by Crippen LogP contribution is -2.36. The zero-order chi connectivity index (χ0) is 24.6. The number of phenols is 1. The minimum absolute atomic E-state index is 0.0112. The van der Waals surface area contributed by atoms with Crippen LogP contribution in [0, 0.1) is 0 Å². The van der Waals surface area contributed by atoms with E-state index in [1.54, 1.807) is 18.2 Å². The van der Waals surface area contributed by atoms with Crippen LogP contribution in [0.15, 0.2) is 42.6 Å². The summed E-state index contributed by atoms with van der Waals surface area (Å²) in [6.45, 7) is 0. The standard InChI is InChI=1S/C22H20ClF3N4O4/c1-33-17-6-3-11(7-18(17)34-2)14-9-19(22(24,25)26)30-20(28-14)13(10-27-30)21(32)29-15-8-12(23)4-5-16(15)31/h3-8,10,14,19,28,31H,9H2,1-2H3,(H,29,32)/t14-,19+/m0/s1. The Bertz CT molecular complexity index is 1230. The van der Waals surface area contributed by atoms with Crippen molar-refractivity contribution in [3.05, 3.63) is 58.7 Å². The van der Waals surface area contributed by atoms with Crippen molar-refractivity contribution >= 4 is 29.0 Å². The number of nitrogens with zero attached hydrogens (tertiary/aromatic N) is 2. The number of hydrogen-bond acceptors (Lipinski definition) is 6. The molecule has 1 aliphatic heterocycles. The molecule has 1 aromatic heterocycles. The normalized spacial score (nSPS) is 17.5. The molecule has 3 N–H and O–H groups in total. The van der Waals surface area contributed by atoms with Crippen molar-refractivity contribution in [1.82, 2.24) is 9.78 Å². The van der Waals surface area contributed by atoms with Gasteiger partial charge in [0.15, 0.2) is 17.5 Å². The van der Waals surface area contributed by atoms with Crippen molar-refractivity contribution in [2.75, 3.05) is 24.9 Å². The van der Waals surface area contributed by atoms with Gasteiger partial charge in [0, 0.05) is 11.4 Å². The molecule has 8 nitrogen and oxygen atoms in total. The molecule has 0 fully saturated rings. The first-order valence-electron chi connectivity index (χ1n) is 10.0. The molecule has 3 aromatic rings. The van der Waals surface area contributed by atoms with Gasteiger partial charge in [-0.2, -0.15) is 18.3 Å². The number of benzene rings is 2. The lowest BCUT2D eigenvalue weighted by Gasteiger charge is -2.34. The monoisotopic (exact) mass is 496 g/mol. The Morgan fingerprint density at radius 2 is 1.94 bits per heavy atom. The summed E-state index contributed by atoms with van der Waals surface area (Å²) >= 11 is 5.91. The number of nitrogens with one attached hydrogen (secondary N) is 2. The molecule has 12 heteroatoms. The minimum atomic E-state index is -4.61. The summed E-state index contributed by atoms with van der Waals surface area (Å²) in [7, 11) is 2.88. The molecule has 0 radical (unpaired) electrons. The number of phenolic OH excluding ortho intramolecular Hbond substituents is 1. The fourth-order valence-corrected chi connectivity index (χ4v) is 3.99. The average Bonchev–Trinajstić information content (AvgIpc) is 3.23. The number of rotatable bonds is 5. The predicted octanol–water partition coefficient (Wildman–Crippen LogP) is 5.17. The maximum absolute atomic E-state index is 13.9. The van der Waals surface area contributed by atoms with E-state index in [4.69, 9.17) is 21.1 Å².